The number of hydrogen-bond donors (Lipinski definition) is 1. The van der Waals surface area contributed by atoms with Crippen molar-refractivity contribution in [1.82, 2.24) is 14.9 Å². The summed E-state index contributed by atoms with van der Waals surface area (Å²) in [6.07, 6.45) is 4.31. The molecule has 1 fully saturated rings. The zero-order chi connectivity index (χ0) is 16.2. The molecule has 0 spiro atoms. The fourth-order valence-corrected chi connectivity index (χ4v) is 3.87. The highest BCUT2D eigenvalue weighted by atomic mass is 32.1. The minimum absolute atomic E-state index is 0.582. The summed E-state index contributed by atoms with van der Waals surface area (Å²) in [6.45, 7) is 10.2. The van der Waals surface area contributed by atoms with Crippen molar-refractivity contribution in [1.29, 1.82) is 0 Å². The first-order chi connectivity index (χ1) is 11.1. The van der Waals surface area contributed by atoms with Gasteiger partial charge in [-0.1, -0.05) is 19.9 Å². The van der Waals surface area contributed by atoms with E-state index in [-0.39, 0.29) is 0 Å². The van der Waals surface area contributed by atoms with Crippen molar-refractivity contribution in [3.8, 4) is 0 Å². The second-order valence-electron chi connectivity index (χ2n) is 6.82. The van der Waals surface area contributed by atoms with Crippen molar-refractivity contribution in [2.75, 3.05) is 25.0 Å². The fraction of sp³-hybridized carbons (Fsp3) is 0.556. The molecule has 1 aliphatic heterocycles. The summed E-state index contributed by atoms with van der Waals surface area (Å²) in [4.78, 5) is 13.0. The molecule has 23 heavy (non-hydrogen) atoms. The number of piperidine rings is 1. The van der Waals surface area contributed by atoms with Crippen LogP contribution in [0.4, 0.5) is 10.9 Å². The number of pyridine rings is 1. The zero-order valence-electron chi connectivity index (χ0n) is 14.2. The SMILES string of the molecule is Cc1cnc(Nc2cccc(C3CCN(CC(C)C)CC3)n2)s1. The predicted octanol–water partition coefficient (Wildman–Crippen LogP) is 4.43. The molecular weight excluding hydrogens is 304 g/mol. The van der Waals surface area contributed by atoms with Crippen LogP contribution in [0, 0.1) is 12.8 Å². The van der Waals surface area contributed by atoms with Crippen molar-refractivity contribution >= 4 is 22.3 Å². The minimum Gasteiger partial charge on any atom is -0.316 e. The molecule has 0 amide bonds. The topological polar surface area (TPSA) is 41.1 Å². The van der Waals surface area contributed by atoms with Gasteiger partial charge in [-0.25, -0.2) is 9.97 Å². The summed E-state index contributed by atoms with van der Waals surface area (Å²) in [5.41, 5.74) is 1.22. The van der Waals surface area contributed by atoms with Gasteiger partial charge in [0.2, 0.25) is 0 Å². The monoisotopic (exact) mass is 330 g/mol. The molecule has 2 aromatic heterocycles. The van der Waals surface area contributed by atoms with Crippen LogP contribution in [0.5, 0.6) is 0 Å². The average Bonchev–Trinajstić information content (AvgIpc) is 2.93. The van der Waals surface area contributed by atoms with Gasteiger partial charge in [0, 0.05) is 29.2 Å². The standard InChI is InChI=1S/C18H26N4S/c1-13(2)12-22-9-7-15(8-10-22)16-5-4-6-17(20-16)21-18-19-11-14(3)23-18/h4-6,11,13,15H,7-10,12H2,1-3H3,(H,19,20,21). The van der Waals surface area contributed by atoms with Crippen LogP contribution in [0.15, 0.2) is 24.4 Å². The van der Waals surface area contributed by atoms with Crippen molar-refractivity contribution in [3.63, 3.8) is 0 Å². The smallest absolute Gasteiger partial charge is 0.188 e. The Kier molecular flexibility index (Phi) is 5.28. The molecular formula is C18H26N4S. The number of rotatable bonds is 5. The molecule has 4 nitrogen and oxygen atoms in total. The Morgan fingerprint density at radius 3 is 2.74 bits per heavy atom. The van der Waals surface area contributed by atoms with E-state index in [1.165, 1.54) is 43.0 Å². The van der Waals surface area contributed by atoms with E-state index in [4.69, 9.17) is 4.98 Å². The molecule has 1 N–H and O–H groups in total. The Morgan fingerprint density at radius 1 is 1.30 bits per heavy atom. The van der Waals surface area contributed by atoms with Gasteiger partial charge in [0.05, 0.1) is 0 Å². The van der Waals surface area contributed by atoms with Gasteiger partial charge in [-0.3, -0.25) is 0 Å². The lowest BCUT2D eigenvalue weighted by molar-refractivity contribution is 0.191. The van der Waals surface area contributed by atoms with Gasteiger partial charge >= 0.3 is 0 Å². The van der Waals surface area contributed by atoms with Crippen molar-refractivity contribution in [2.45, 2.75) is 39.5 Å². The Bertz CT molecular complexity index is 629. The van der Waals surface area contributed by atoms with Crippen LogP contribution in [0.1, 0.15) is 43.2 Å². The highest BCUT2D eigenvalue weighted by Crippen LogP contribution is 2.28. The first-order valence-electron chi connectivity index (χ1n) is 8.49. The van der Waals surface area contributed by atoms with E-state index in [2.05, 4.69) is 48.1 Å². The highest BCUT2D eigenvalue weighted by molar-refractivity contribution is 7.15. The van der Waals surface area contributed by atoms with Gasteiger partial charge in [-0.05, 0) is 50.9 Å². The van der Waals surface area contributed by atoms with Crippen molar-refractivity contribution in [2.24, 2.45) is 5.92 Å². The van der Waals surface area contributed by atoms with Crippen LogP contribution in [-0.2, 0) is 0 Å². The summed E-state index contributed by atoms with van der Waals surface area (Å²) in [5, 5.41) is 4.24. The molecule has 0 radical (unpaired) electrons. The summed E-state index contributed by atoms with van der Waals surface area (Å²) in [5.74, 6) is 2.23. The molecule has 3 rings (SSSR count). The first-order valence-corrected chi connectivity index (χ1v) is 9.30. The van der Waals surface area contributed by atoms with Crippen LogP contribution in [0.3, 0.4) is 0 Å². The van der Waals surface area contributed by atoms with E-state index in [1.807, 2.05) is 12.3 Å². The molecule has 3 heterocycles. The number of hydrogen-bond acceptors (Lipinski definition) is 5. The summed E-state index contributed by atoms with van der Waals surface area (Å²) in [6, 6.07) is 6.29. The Morgan fingerprint density at radius 2 is 2.09 bits per heavy atom. The van der Waals surface area contributed by atoms with E-state index in [1.54, 1.807) is 11.3 Å². The van der Waals surface area contributed by atoms with E-state index in [0.717, 1.165) is 16.9 Å². The van der Waals surface area contributed by atoms with Crippen LogP contribution in [-0.4, -0.2) is 34.5 Å². The van der Waals surface area contributed by atoms with Gasteiger partial charge in [0.15, 0.2) is 5.13 Å². The van der Waals surface area contributed by atoms with Crippen molar-refractivity contribution < 1.29 is 0 Å². The highest BCUT2D eigenvalue weighted by Gasteiger charge is 2.22. The zero-order valence-corrected chi connectivity index (χ0v) is 15.1. The second kappa shape index (κ2) is 7.41. The number of aryl methyl sites for hydroxylation is 1. The van der Waals surface area contributed by atoms with E-state index in [9.17, 15) is 0 Å². The third-order valence-corrected chi connectivity index (χ3v) is 5.08. The van der Waals surface area contributed by atoms with Crippen molar-refractivity contribution in [3.05, 3.63) is 35.0 Å². The van der Waals surface area contributed by atoms with E-state index in [0.29, 0.717) is 5.92 Å². The molecule has 2 aromatic rings. The Hall–Kier alpha value is -1.46. The van der Waals surface area contributed by atoms with Gasteiger partial charge < -0.3 is 10.2 Å². The number of anilines is 2. The second-order valence-corrected chi connectivity index (χ2v) is 8.05. The maximum Gasteiger partial charge on any atom is 0.188 e. The Balaban J connectivity index is 1.62. The van der Waals surface area contributed by atoms with Gasteiger partial charge in [-0.2, -0.15) is 0 Å². The van der Waals surface area contributed by atoms with Gasteiger partial charge in [0.1, 0.15) is 5.82 Å². The van der Waals surface area contributed by atoms with Crippen LogP contribution < -0.4 is 5.32 Å². The molecule has 0 unspecified atom stereocenters. The minimum atomic E-state index is 0.582. The molecule has 124 valence electrons. The summed E-state index contributed by atoms with van der Waals surface area (Å²) < 4.78 is 0. The number of likely N-dealkylation sites (tertiary alicyclic amines) is 1. The maximum absolute atomic E-state index is 4.82. The summed E-state index contributed by atoms with van der Waals surface area (Å²) >= 11 is 1.66. The lowest BCUT2D eigenvalue weighted by atomic mass is 9.92. The molecule has 0 aliphatic carbocycles. The van der Waals surface area contributed by atoms with Crippen LogP contribution in [0.2, 0.25) is 0 Å². The molecule has 0 aromatic carbocycles. The number of aromatic nitrogens is 2. The predicted molar refractivity (Wildman–Crippen MR) is 97.6 cm³/mol. The number of nitrogens with one attached hydrogen (secondary N) is 1. The lowest BCUT2D eigenvalue weighted by Crippen LogP contribution is -2.35. The van der Waals surface area contributed by atoms with E-state index < -0.39 is 0 Å². The molecule has 0 bridgehead atoms. The molecule has 0 atom stereocenters. The maximum atomic E-state index is 4.82. The molecule has 5 heteroatoms. The molecule has 1 aliphatic rings. The normalized spacial score (nSPS) is 16.9. The van der Waals surface area contributed by atoms with Gasteiger partial charge in [0.25, 0.3) is 0 Å². The molecule has 1 saturated heterocycles. The quantitative estimate of drug-likeness (QED) is 0.881. The third-order valence-electron chi connectivity index (χ3n) is 4.26. The third kappa shape index (κ3) is 4.52. The number of thiazole rings is 1. The van der Waals surface area contributed by atoms with E-state index >= 15 is 0 Å². The van der Waals surface area contributed by atoms with Gasteiger partial charge in [-0.15, -0.1) is 11.3 Å². The average molecular weight is 331 g/mol. The fourth-order valence-electron chi connectivity index (χ4n) is 3.20. The number of nitrogens with zero attached hydrogens (tertiary/aromatic N) is 3. The van der Waals surface area contributed by atoms with Crippen LogP contribution in [0.25, 0.3) is 0 Å². The van der Waals surface area contributed by atoms with Crippen LogP contribution >= 0.6 is 11.3 Å². The Labute approximate surface area is 143 Å². The summed E-state index contributed by atoms with van der Waals surface area (Å²) in [7, 11) is 0. The lowest BCUT2D eigenvalue weighted by Gasteiger charge is -2.32. The first kappa shape index (κ1) is 16.4. The molecule has 0 saturated carbocycles. The largest absolute Gasteiger partial charge is 0.316 e.